The molecule has 0 radical (unpaired) electrons. The molecule has 0 saturated carbocycles. The molecule has 16 heavy (non-hydrogen) atoms. The van der Waals surface area contributed by atoms with E-state index in [1.54, 1.807) is 19.1 Å². The van der Waals surface area contributed by atoms with Gasteiger partial charge in [-0.15, -0.1) is 9.24 Å². The molecule has 88 valence electrons. The van der Waals surface area contributed by atoms with Gasteiger partial charge in [0.25, 0.3) is 0 Å². The fourth-order valence-corrected chi connectivity index (χ4v) is 1.77. The monoisotopic (exact) mass is 260 g/mol. The Bertz CT molecular complexity index is 404. The first kappa shape index (κ1) is 13.3. The fourth-order valence-electron chi connectivity index (χ4n) is 1.37. The van der Waals surface area contributed by atoms with Crippen molar-refractivity contribution in [3.05, 3.63) is 22.7 Å². The third-order valence-electron chi connectivity index (χ3n) is 2.16. The van der Waals surface area contributed by atoms with Crippen LogP contribution in [0.15, 0.2) is 12.1 Å². The van der Waals surface area contributed by atoms with E-state index >= 15 is 0 Å². The molecule has 2 unspecified atom stereocenters. The summed E-state index contributed by atoms with van der Waals surface area (Å²) in [5.41, 5.74) is 0.168. The topological polar surface area (TPSA) is 35.5 Å². The molecule has 1 aromatic carbocycles. The van der Waals surface area contributed by atoms with Gasteiger partial charge in [-0.05, 0) is 12.1 Å². The highest BCUT2D eigenvalue weighted by Crippen LogP contribution is 2.36. The quantitative estimate of drug-likeness (QED) is 0.617. The zero-order valence-electron chi connectivity index (χ0n) is 9.41. The summed E-state index contributed by atoms with van der Waals surface area (Å²) >= 11 is 5.97. The Hall–Kier alpha value is -0.790. The zero-order valence-corrected chi connectivity index (χ0v) is 11.3. The maximum absolute atomic E-state index is 12.0. The second kappa shape index (κ2) is 5.51. The summed E-state index contributed by atoms with van der Waals surface area (Å²) in [6, 6.07) is 3.30. The average molecular weight is 261 g/mol. The number of ether oxygens (including phenoxy) is 2. The van der Waals surface area contributed by atoms with Crippen LogP contribution < -0.4 is 9.47 Å². The van der Waals surface area contributed by atoms with Crippen LogP contribution in [0.25, 0.3) is 0 Å². The maximum atomic E-state index is 12.0. The lowest BCUT2D eigenvalue weighted by Gasteiger charge is -2.14. The lowest BCUT2D eigenvalue weighted by atomic mass is 10.1. The molecule has 0 amide bonds. The highest BCUT2D eigenvalue weighted by molar-refractivity contribution is 7.19. The van der Waals surface area contributed by atoms with E-state index in [4.69, 9.17) is 21.1 Å². The first-order chi connectivity index (χ1) is 7.52. The van der Waals surface area contributed by atoms with Crippen LogP contribution in [0.1, 0.15) is 17.3 Å². The van der Waals surface area contributed by atoms with Gasteiger partial charge in [0, 0.05) is 5.66 Å². The van der Waals surface area contributed by atoms with Crippen molar-refractivity contribution in [2.75, 3.05) is 14.2 Å². The van der Waals surface area contributed by atoms with Gasteiger partial charge in [0.15, 0.2) is 11.5 Å². The van der Waals surface area contributed by atoms with Crippen LogP contribution in [0.2, 0.25) is 5.02 Å². The van der Waals surface area contributed by atoms with Crippen LogP contribution in [0.5, 0.6) is 11.5 Å². The summed E-state index contributed by atoms with van der Waals surface area (Å²) in [5.74, 6) is 0.752. The molecule has 5 heteroatoms. The van der Waals surface area contributed by atoms with Crippen molar-refractivity contribution in [2.45, 2.75) is 12.6 Å². The van der Waals surface area contributed by atoms with Crippen LogP contribution in [0.3, 0.4) is 0 Å². The number of rotatable bonds is 4. The lowest BCUT2D eigenvalue weighted by Crippen LogP contribution is -2.13. The summed E-state index contributed by atoms with van der Waals surface area (Å²) in [5, 5.41) is 0.400. The van der Waals surface area contributed by atoms with Gasteiger partial charge < -0.3 is 9.47 Å². The molecular weight excluding hydrogens is 247 g/mol. The Labute approximate surface area is 102 Å². The van der Waals surface area contributed by atoms with Crippen molar-refractivity contribution in [1.29, 1.82) is 0 Å². The zero-order chi connectivity index (χ0) is 12.3. The number of Topliss-reactive ketones (excluding diaryl/α,β-unsaturated/α-hetero) is 1. The summed E-state index contributed by atoms with van der Waals surface area (Å²) < 4.78 is 10.3. The van der Waals surface area contributed by atoms with E-state index in [2.05, 4.69) is 9.24 Å². The Kier molecular flexibility index (Phi) is 4.57. The van der Waals surface area contributed by atoms with Crippen molar-refractivity contribution in [2.24, 2.45) is 0 Å². The summed E-state index contributed by atoms with van der Waals surface area (Å²) in [4.78, 5) is 12.0. The SMILES string of the molecule is COc1ccc(Cl)c(OC)c1C(=O)C(C)P. The maximum Gasteiger partial charge on any atom is 0.176 e. The molecular formula is C11H14ClO3P. The Morgan fingerprint density at radius 1 is 1.38 bits per heavy atom. The number of benzene rings is 1. The normalized spacial score (nSPS) is 12.1. The van der Waals surface area contributed by atoms with E-state index in [1.165, 1.54) is 14.2 Å². The first-order valence-electron chi connectivity index (χ1n) is 4.73. The predicted octanol–water partition coefficient (Wildman–Crippen LogP) is 2.80. The van der Waals surface area contributed by atoms with Crippen molar-refractivity contribution in [3.8, 4) is 11.5 Å². The number of ketones is 1. The van der Waals surface area contributed by atoms with Gasteiger partial charge in [-0.25, -0.2) is 0 Å². The van der Waals surface area contributed by atoms with E-state index in [-0.39, 0.29) is 11.4 Å². The molecule has 0 bridgehead atoms. The van der Waals surface area contributed by atoms with Gasteiger partial charge in [0.2, 0.25) is 0 Å². The number of carbonyl (C=O) groups is 1. The number of halogens is 1. The van der Waals surface area contributed by atoms with Gasteiger partial charge in [0.05, 0.1) is 19.2 Å². The standard InChI is InChI=1S/C11H14ClO3P/c1-6(16)10(13)9-8(14-2)5-4-7(12)11(9)15-3/h4-6H,16H2,1-3H3. The lowest BCUT2D eigenvalue weighted by molar-refractivity contribution is 0.0987. The Balaban J connectivity index is 3.42. The third kappa shape index (κ3) is 2.47. The second-order valence-electron chi connectivity index (χ2n) is 3.31. The minimum atomic E-state index is -0.221. The molecule has 1 rings (SSSR count). The van der Waals surface area contributed by atoms with Gasteiger partial charge in [-0.2, -0.15) is 0 Å². The van der Waals surface area contributed by atoms with E-state index in [9.17, 15) is 4.79 Å². The summed E-state index contributed by atoms with van der Waals surface area (Å²) in [6.07, 6.45) is 0. The molecule has 3 nitrogen and oxygen atoms in total. The number of methoxy groups -OCH3 is 2. The van der Waals surface area contributed by atoms with Crippen molar-refractivity contribution >= 4 is 26.6 Å². The summed E-state index contributed by atoms with van der Waals surface area (Å²) in [7, 11) is 5.43. The molecule has 0 heterocycles. The van der Waals surface area contributed by atoms with E-state index in [1.807, 2.05) is 0 Å². The Morgan fingerprint density at radius 3 is 2.44 bits per heavy atom. The molecule has 0 N–H and O–H groups in total. The van der Waals surface area contributed by atoms with Crippen LogP contribution >= 0.6 is 20.8 Å². The van der Waals surface area contributed by atoms with Crippen LogP contribution in [-0.4, -0.2) is 25.7 Å². The molecule has 0 aliphatic heterocycles. The van der Waals surface area contributed by atoms with Crippen LogP contribution in [-0.2, 0) is 0 Å². The largest absolute Gasteiger partial charge is 0.496 e. The number of hydrogen-bond acceptors (Lipinski definition) is 3. The average Bonchev–Trinajstić information content (AvgIpc) is 2.27. The highest BCUT2D eigenvalue weighted by Gasteiger charge is 2.22. The van der Waals surface area contributed by atoms with Crippen LogP contribution in [0, 0.1) is 0 Å². The van der Waals surface area contributed by atoms with Crippen molar-refractivity contribution in [3.63, 3.8) is 0 Å². The molecule has 0 aliphatic carbocycles. The van der Waals surface area contributed by atoms with E-state index in [0.717, 1.165) is 0 Å². The van der Waals surface area contributed by atoms with E-state index in [0.29, 0.717) is 22.1 Å². The molecule has 0 spiro atoms. The molecule has 2 atom stereocenters. The van der Waals surface area contributed by atoms with Crippen molar-refractivity contribution in [1.82, 2.24) is 0 Å². The predicted molar refractivity (Wildman–Crippen MR) is 68.1 cm³/mol. The first-order valence-corrected chi connectivity index (χ1v) is 5.77. The molecule has 0 aliphatic rings. The van der Waals surface area contributed by atoms with Gasteiger partial charge in [-0.1, -0.05) is 18.5 Å². The number of carbonyl (C=O) groups excluding carboxylic acids is 1. The van der Waals surface area contributed by atoms with Crippen LogP contribution in [0.4, 0.5) is 0 Å². The van der Waals surface area contributed by atoms with Gasteiger partial charge in [-0.3, -0.25) is 4.79 Å². The second-order valence-corrected chi connectivity index (χ2v) is 4.72. The summed E-state index contributed by atoms with van der Waals surface area (Å²) in [6.45, 7) is 1.78. The molecule has 0 saturated heterocycles. The fraction of sp³-hybridized carbons (Fsp3) is 0.364. The van der Waals surface area contributed by atoms with Gasteiger partial charge in [0.1, 0.15) is 11.3 Å². The third-order valence-corrected chi connectivity index (χ3v) is 2.76. The van der Waals surface area contributed by atoms with Gasteiger partial charge >= 0.3 is 0 Å². The minimum absolute atomic E-state index is 0.0822. The minimum Gasteiger partial charge on any atom is -0.496 e. The van der Waals surface area contributed by atoms with Crippen molar-refractivity contribution < 1.29 is 14.3 Å². The Morgan fingerprint density at radius 2 is 2.00 bits per heavy atom. The number of hydrogen-bond donors (Lipinski definition) is 0. The smallest absolute Gasteiger partial charge is 0.176 e. The molecule has 1 aromatic rings. The highest BCUT2D eigenvalue weighted by atomic mass is 35.5. The molecule has 0 fully saturated rings. The van der Waals surface area contributed by atoms with E-state index < -0.39 is 0 Å². The molecule has 0 aromatic heterocycles.